The second kappa shape index (κ2) is 6.15. The molecule has 0 spiro atoms. The Hall–Kier alpha value is -2.14. The molecule has 100 valence electrons. The van der Waals surface area contributed by atoms with Gasteiger partial charge in [-0.3, -0.25) is 9.69 Å². The quantitative estimate of drug-likeness (QED) is 0.872. The van der Waals surface area contributed by atoms with Crippen molar-refractivity contribution in [2.75, 3.05) is 20.6 Å². The fraction of sp³-hybridized carbons (Fsp3) is 0.286. The molecular weight excluding hydrogens is 240 g/mol. The third kappa shape index (κ3) is 3.66. The van der Waals surface area contributed by atoms with Gasteiger partial charge in [0.05, 0.1) is 18.4 Å². The molecule has 2 aromatic rings. The lowest BCUT2D eigenvalue weighted by atomic mass is 10.3. The Kier molecular flexibility index (Phi) is 4.30. The molecule has 0 aliphatic heterocycles. The Labute approximate surface area is 112 Å². The van der Waals surface area contributed by atoms with Crippen LogP contribution in [0.3, 0.4) is 0 Å². The lowest BCUT2D eigenvalue weighted by Crippen LogP contribution is -2.32. The molecule has 1 amide bonds. The lowest BCUT2D eigenvalue weighted by Gasteiger charge is -2.13. The van der Waals surface area contributed by atoms with Crippen molar-refractivity contribution in [3.63, 3.8) is 0 Å². The summed E-state index contributed by atoms with van der Waals surface area (Å²) < 4.78 is 1.84. The third-order valence-electron chi connectivity index (χ3n) is 2.80. The highest BCUT2D eigenvalue weighted by atomic mass is 16.1. The fourth-order valence-electron chi connectivity index (χ4n) is 1.86. The van der Waals surface area contributed by atoms with E-state index >= 15 is 0 Å². The van der Waals surface area contributed by atoms with E-state index in [0.29, 0.717) is 13.1 Å². The van der Waals surface area contributed by atoms with Gasteiger partial charge in [0.25, 0.3) is 0 Å². The molecule has 2 rings (SSSR count). The van der Waals surface area contributed by atoms with E-state index in [9.17, 15) is 4.79 Å². The summed E-state index contributed by atoms with van der Waals surface area (Å²) in [6, 6.07) is 9.95. The number of nitrogens with one attached hydrogen (secondary N) is 1. The van der Waals surface area contributed by atoms with Crippen molar-refractivity contribution >= 4 is 5.91 Å². The zero-order valence-electron chi connectivity index (χ0n) is 11.2. The van der Waals surface area contributed by atoms with E-state index < -0.39 is 0 Å². The molecule has 1 heterocycles. The summed E-state index contributed by atoms with van der Waals surface area (Å²) in [5.41, 5.74) is 2.11. The Morgan fingerprint density at radius 1 is 1.37 bits per heavy atom. The van der Waals surface area contributed by atoms with Crippen LogP contribution in [0.25, 0.3) is 5.69 Å². The van der Waals surface area contributed by atoms with Gasteiger partial charge >= 0.3 is 0 Å². The van der Waals surface area contributed by atoms with Crippen LogP contribution < -0.4 is 5.32 Å². The van der Waals surface area contributed by atoms with Gasteiger partial charge in [-0.1, -0.05) is 18.2 Å². The molecule has 0 atom stereocenters. The first-order chi connectivity index (χ1) is 9.19. The molecule has 0 unspecified atom stereocenters. The average Bonchev–Trinajstić information content (AvgIpc) is 2.88. The smallest absolute Gasteiger partial charge is 0.233 e. The largest absolute Gasteiger partial charge is 0.358 e. The first-order valence-electron chi connectivity index (χ1n) is 6.17. The van der Waals surface area contributed by atoms with Gasteiger partial charge in [-0.2, -0.15) is 5.10 Å². The molecule has 0 saturated carbocycles. The van der Waals surface area contributed by atoms with Crippen molar-refractivity contribution in [3.8, 4) is 5.69 Å². The molecular formula is C14H18N4O. The van der Waals surface area contributed by atoms with Gasteiger partial charge in [0, 0.05) is 25.4 Å². The second-order valence-corrected chi connectivity index (χ2v) is 4.47. The van der Waals surface area contributed by atoms with Crippen molar-refractivity contribution in [1.29, 1.82) is 0 Å². The van der Waals surface area contributed by atoms with Crippen molar-refractivity contribution < 1.29 is 4.79 Å². The predicted molar refractivity (Wildman–Crippen MR) is 74.0 cm³/mol. The van der Waals surface area contributed by atoms with Gasteiger partial charge < -0.3 is 5.32 Å². The number of benzene rings is 1. The number of rotatable bonds is 5. The summed E-state index contributed by atoms with van der Waals surface area (Å²) in [6.07, 6.45) is 3.81. The third-order valence-corrected chi connectivity index (χ3v) is 2.80. The Balaban J connectivity index is 2.00. The topological polar surface area (TPSA) is 50.2 Å². The Morgan fingerprint density at radius 2 is 2.11 bits per heavy atom. The SMILES string of the molecule is CNC(=O)CN(C)Cc1cnn(-c2ccccc2)c1. The van der Waals surface area contributed by atoms with Gasteiger partial charge in [0.2, 0.25) is 5.91 Å². The molecule has 1 aromatic carbocycles. The van der Waals surface area contributed by atoms with E-state index in [1.54, 1.807) is 7.05 Å². The summed E-state index contributed by atoms with van der Waals surface area (Å²) in [5, 5.41) is 6.94. The molecule has 5 nitrogen and oxygen atoms in total. The summed E-state index contributed by atoms with van der Waals surface area (Å²) in [5.74, 6) is 0.0120. The number of aromatic nitrogens is 2. The molecule has 0 saturated heterocycles. The summed E-state index contributed by atoms with van der Waals surface area (Å²) in [4.78, 5) is 13.2. The number of likely N-dealkylation sites (N-methyl/N-ethyl adjacent to an activating group) is 2. The molecule has 0 fully saturated rings. The molecule has 1 N–H and O–H groups in total. The van der Waals surface area contributed by atoms with Crippen LogP contribution in [0.4, 0.5) is 0 Å². The van der Waals surface area contributed by atoms with E-state index in [-0.39, 0.29) is 5.91 Å². The molecule has 1 aromatic heterocycles. The number of nitrogens with zero attached hydrogens (tertiary/aromatic N) is 3. The second-order valence-electron chi connectivity index (χ2n) is 4.47. The van der Waals surface area contributed by atoms with Crippen LogP contribution in [0.2, 0.25) is 0 Å². The maximum absolute atomic E-state index is 11.3. The van der Waals surface area contributed by atoms with Crippen LogP contribution in [-0.4, -0.2) is 41.2 Å². The van der Waals surface area contributed by atoms with Crippen LogP contribution >= 0.6 is 0 Å². The van der Waals surface area contributed by atoms with Crippen molar-refractivity contribution in [1.82, 2.24) is 20.0 Å². The lowest BCUT2D eigenvalue weighted by molar-refractivity contribution is -0.121. The minimum absolute atomic E-state index is 0.0120. The Morgan fingerprint density at radius 3 is 2.79 bits per heavy atom. The number of hydrogen-bond donors (Lipinski definition) is 1. The maximum Gasteiger partial charge on any atom is 0.233 e. The molecule has 5 heteroatoms. The van der Waals surface area contributed by atoms with E-state index in [2.05, 4.69) is 10.4 Å². The number of carbonyl (C=O) groups excluding carboxylic acids is 1. The zero-order chi connectivity index (χ0) is 13.7. The van der Waals surface area contributed by atoms with Crippen LogP contribution in [0.1, 0.15) is 5.56 Å². The monoisotopic (exact) mass is 258 g/mol. The van der Waals surface area contributed by atoms with E-state index in [0.717, 1.165) is 11.3 Å². The highest BCUT2D eigenvalue weighted by Gasteiger charge is 2.07. The number of carbonyl (C=O) groups is 1. The van der Waals surface area contributed by atoms with Gasteiger partial charge in [0.1, 0.15) is 0 Å². The summed E-state index contributed by atoms with van der Waals surface area (Å²) >= 11 is 0. The van der Waals surface area contributed by atoms with E-state index in [4.69, 9.17) is 0 Å². The molecule has 0 bridgehead atoms. The van der Waals surface area contributed by atoms with Crippen LogP contribution in [0, 0.1) is 0 Å². The van der Waals surface area contributed by atoms with Crippen molar-refractivity contribution in [3.05, 3.63) is 48.3 Å². The standard InChI is InChI=1S/C14H18N4O/c1-15-14(19)11-17(2)9-12-8-16-18(10-12)13-6-4-3-5-7-13/h3-8,10H,9,11H2,1-2H3,(H,15,19). The van der Waals surface area contributed by atoms with Gasteiger partial charge in [0.15, 0.2) is 0 Å². The van der Waals surface area contributed by atoms with Gasteiger partial charge in [-0.25, -0.2) is 4.68 Å². The minimum Gasteiger partial charge on any atom is -0.358 e. The maximum atomic E-state index is 11.3. The van der Waals surface area contributed by atoms with E-state index in [1.807, 2.05) is 59.4 Å². The molecule has 0 aliphatic carbocycles. The van der Waals surface area contributed by atoms with Gasteiger partial charge in [-0.05, 0) is 19.2 Å². The number of amides is 1. The summed E-state index contributed by atoms with van der Waals surface area (Å²) in [7, 11) is 3.55. The van der Waals surface area contributed by atoms with Gasteiger partial charge in [-0.15, -0.1) is 0 Å². The highest BCUT2D eigenvalue weighted by Crippen LogP contribution is 2.08. The number of hydrogen-bond acceptors (Lipinski definition) is 3. The van der Waals surface area contributed by atoms with Crippen molar-refractivity contribution in [2.24, 2.45) is 0 Å². The molecule has 0 aliphatic rings. The molecule has 0 radical (unpaired) electrons. The summed E-state index contributed by atoms with van der Waals surface area (Å²) in [6.45, 7) is 1.08. The van der Waals surface area contributed by atoms with Crippen LogP contribution in [0.5, 0.6) is 0 Å². The van der Waals surface area contributed by atoms with Crippen LogP contribution in [-0.2, 0) is 11.3 Å². The van der Waals surface area contributed by atoms with Crippen LogP contribution in [0.15, 0.2) is 42.7 Å². The van der Waals surface area contributed by atoms with E-state index in [1.165, 1.54) is 0 Å². The average molecular weight is 258 g/mol. The highest BCUT2D eigenvalue weighted by molar-refractivity contribution is 5.77. The number of para-hydroxylation sites is 1. The Bertz CT molecular complexity index is 535. The normalized spacial score (nSPS) is 10.7. The first kappa shape index (κ1) is 13.3. The fourth-order valence-corrected chi connectivity index (χ4v) is 1.86. The predicted octanol–water partition coefficient (Wildman–Crippen LogP) is 1.05. The van der Waals surface area contributed by atoms with Crippen molar-refractivity contribution in [2.45, 2.75) is 6.54 Å². The molecule has 19 heavy (non-hydrogen) atoms. The minimum atomic E-state index is 0.0120. The first-order valence-corrected chi connectivity index (χ1v) is 6.17. The zero-order valence-corrected chi connectivity index (χ0v) is 11.2.